The number of nitrogens with one attached hydrogen (secondary N) is 2. The molecule has 1 amide bonds. The molecule has 2 aromatic rings. The van der Waals surface area contributed by atoms with Gasteiger partial charge in [-0.05, 0) is 55.4 Å². The highest BCUT2D eigenvalue weighted by Crippen LogP contribution is 2.40. The van der Waals surface area contributed by atoms with Crippen molar-refractivity contribution in [3.05, 3.63) is 51.7 Å². The number of halogens is 1. The van der Waals surface area contributed by atoms with Crippen LogP contribution in [-0.2, 0) is 28.9 Å². The number of anilines is 1. The second-order valence-corrected chi connectivity index (χ2v) is 8.16. The minimum atomic E-state index is -0.371. The molecule has 7 heteroatoms. The molecule has 0 bridgehead atoms. The van der Waals surface area contributed by atoms with E-state index in [9.17, 15) is 14.0 Å². The molecule has 1 aromatic heterocycles. The maximum absolute atomic E-state index is 12.9. The maximum Gasteiger partial charge on any atom is 0.341 e. The number of fused-ring (bicyclic) bond motifs is 1. The number of thiophene rings is 1. The Balaban J connectivity index is 1.66. The molecule has 0 saturated carbocycles. The van der Waals surface area contributed by atoms with E-state index in [-0.39, 0.29) is 24.2 Å². The molecule has 5 nitrogen and oxygen atoms in total. The largest absolute Gasteiger partial charge is 0.462 e. The first-order valence-corrected chi connectivity index (χ1v) is 10.4. The Morgan fingerprint density at radius 1 is 1.29 bits per heavy atom. The Labute approximate surface area is 168 Å². The quantitative estimate of drug-likeness (QED) is 0.687. The van der Waals surface area contributed by atoms with Crippen molar-refractivity contribution in [3.63, 3.8) is 0 Å². The van der Waals surface area contributed by atoms with Crippen LogP contribution in [0.5, 0.6) is 0 Å². The van der Waals surface area contributed by atoms with Gasteiger partial charge >= 0.3 is 5.97 Å². The minimum absolute atomic E-state index is 0.0958. The fourth-order valence-corrected chi connectivity index (χ4v) is 4.77. The summed E-state index contributed by atoms with van der Waals surface area (Å²) in [5.41, 5.74) is 2.43. The minimum Gasteiger partial charge on any atom is -0.462 e. The lowest BCUT2D eigenvalue weighted by molar-refractivity contribution is -0.115. The van der Waals surface area contributed by atoms with Gasteiger partial charge in [-0.3, -0.25) is 4.79 Å². The van der Waals surface area contributed by atoms with Crippen molar-refractivity contribution in [2.45, 2.75) is 39.7 Å². The summed E-state index contributed by atoms with van der Waals surface area (Å²) in [5.74, 6) is -0.311. The van der Waals surface area contributed by atoms with E-state index in [1.165, 1.54) is 23.5 Å². The van der Waals surface area contributed by atoms with E-state index in [1.807, 2.05) is 0 Å². The topological polar surface area (TPSA) is 67.4 Å². The zero-order valence-electron chi connectivity index (χ0n) is 16.1. The molecule has 0 fully saturated rings. The van der Waals surface area contributed by atoms with Gasteiger partial charge in [0.25, 0.3) is 0 Å². The molecule has 1 aliphatic rings. The third kappa shape index (κ3) is 4.97. The van der Waals surface area contributed by atoms with Gasteiger partial charge in [0.2, 0.25) is 5.91 Å². The number of benzene rings is 1. The first kappa shape index (κ1) is 20.5. The van der Waals surface area contributed by atoms with Gasteiger partial charge < -0.3 is 15.4 Å². The summed E-state index contributed by atoms with van der Waals surface area (Å²) < 4.78 is 18.2. The van der Waals surface area contributed by atoms with Crippen molar-refractivity contribution in [2.24, 2.45) is 5.92 Å². The molecule has 0 saturated heterocycles. The third-order valence-corrected chi connectivity index (χ3v) is 5.94. The summed E-state index contributed by atoms with van der Waals surface area (Å²) in [7, 11) is 0. The molecule has 28 heavy (non-hydrogen) atoms. The van der Waals surface area contributed by atoms with Crippen LogP contribution < -0.4 is 10.6 Å². The second-order valence-electron chi connectivity index (χ2n) is 7.05. The molecule has 3 rings (SSSR count). The van der Waals surface area contributed by atoms with Gasteiger partial charge in [0, 0.05) is 11.4 Å². The molecule has 1 aliphatic carbocycles. The molecule has 0 radical (unpaired) electrons. The molecule has 150 valence electrons. The Bertz CT molecular complexity index is 848. The number of rotatable bonds is 7. The van der Waals surface area contributed by atoms with Crippen LogP contribution in [-0.4, -0.2) is 25.0 Å². The van der Waals surface area contributed by atoms with Crippen molar-refractivity contribution < 1.29 is 18.7 Å². The van der Waals surface area contributed by atoms with Gasteiger partial charge in [-0.2, -0.15) is 0 Å². The predicted molar refractivity (Wildman–Crippen MR) is 108 cm³/mol. The molecule has 0 spiro atoms. The normalized spacial score (nSPS) is 15.8. The summed E-state index contributed by atoms with van der Waals surface area (Å²) in [5, 5.41) is 6.49. The SMILES string of the molecule is CCOC(=O)c1c(NC(=O)CNCc2ccc(F)cc2)sc2c1CC[C@@H](C)C2. The summed E-state index contributed by atoms with van der Waals surface area (Å²) in [6.45, 7) is 4.82. The van der Waals surface area contributed by atoms with Crippen molar-refractivity contribution in [2.75, 3.05) is 18.5 Å². The van der Waals surface area contributed by atoms with Crippen molar-refractivity contribution >= 4 is 28.2 Å². The van der Waals surface area contributed by atoms with Gasteiger partial charge in [0.15, 0.2) is 0 Å². The Hall–Kier alpha value is -2.25. The zero-order valence-corrected chi connectivity index (χ0v) is 17.0. The van der Waals surface area contributed by atoms with Gasteiger partial charge in [0.1, 0.15) is 10.8 Å². The van der Waals surface area contributed by atoms with Crippen LogP contribution in [0, 0.1) is 11.7 Å². The number of ether oxygens (including phenoxy) is 1. The monoisotopic (exact) mass is 404 g/mol. The van der Waals surface area contributed by atoms with Gasteiger partial charge in [0.05, 0.1) is 18.7 Å². The highest BCUT2D eigenvalue weighted by molar-refractivity contribution is 7.17. The summed E-state index contributed by atoms with van der Waals surface area (Å²) in [4.78, 5) is 26.0. The lowest BCUT2D eigenvalue weighted by Crippen LogP contribution is -2.28. The van der Waals surface area contributed by atoms with E-state index in [4.69, 9.17) is 4.74 Å². The van der Waals surface area contributed by atoms with E-state index in [2.05, 4.69) is 17.6 Å². The number of esters is 1. The average molecular weight is 405 g/mol. The smallest absolute Gasteiger partial charge is 0.341 e. The Morgan fingerprint density at radius 2 is 2.04 bits per heavy atom. The first-order chi connectivity index (χ1) is 13.5. The van der Waals surface area contributed by atoms with E-state index in [0.29, 0.717) is 29.6 Å². The summed E-state index contributed by atoms with van der Waals surface area (Å²) in [6, 6.07) is 6.13. The Kier molecular flexibility index (Phi) is 6.80. The van der Waals surface area contributed by atoms with Gasteiger partial charge in [-0.25, -0.2) is 9.18 Å². The predicted octanol–water partition coefficient (Wildman–Crippen LogP) is 3.92. The van der Waals surface area contributed by atoms with Crippen molar-refractivity contribution in [1.29, 1.82) is 0 Å². The summed E-state index contributed by atoms with van der Waals surface area (Å²) in [6.07, 6.45) is 2.79. The number of hydrogen-bond acceptors (Lipinski definition) is 5. The average Bonchev–Trinajstić information content (AvgIpc) is 3.00. The van der Waals surface area contributed by atoms with E-state index < -0.39 is 0 Å². The van der Waals surface area contributed by atoms with E-state index in [0.717, 1.165) is 35.3 Å². The molecule has 0 aliphatic heterocycles. The van der Waals surface area contributed by atoms with Crippen molar-refractivity contribution in [3.8, 4) is 0 Å². The van der Waals surface area contributed by atoms with Crippen LogP contribution in [0.2, 0.25) is 0 Å². The zero-order chi connectivity index (χ0) is 20.1. The molecule has 0 unspecified atom stereocenters. The first-order valence-electron chi connectivity index (χ1n) is 9.54. The lowest BCUT2D eigenvalue weighted by Gasteiger charge is -2.18. The maximum atomic E-state index is 12.9. The molecular formula is C21H25FN2O3S. The van der Waals surface area contributed by atoms with Crippen LogP contribution in [0.3, 0.4) is 0 Å². The molecular weight excluding hydrogens is 379 g/mol. The molecule has 1 atom stereocenters. The third-order valence-electron chi connectivity index (χ3n) is 4.77. The van der Waals surface area contributed by atoms with E-state index in [1.54, 1.807) is 19.1 Å². The van der Waals surface area contributed by atoms with Crippen LogP contribution in [0.15, 0.2) is 24.3 Å². The molecule has 1 aromatic carbocycles. The van der Waals surface area contributed by atoms with Crippen LogP contribution in [0.4, 0.5) is 9.39 Å². The number of carbonyl (C=O) groups is 2. The highest BCUT2D eigenvalue weighted by Gasteiger charge is 2.29. The second kappa shape index (κ2) is 9.30. The highest BCUT2D eigenvalue weighted by atomic mass is 32.1. The van der Waals surface area contributed by atoms with Crippen LogP contribution in [0.25, 0.3) is 0 Å². The molecule has 2 N–H and O–H groups in total. The van der Waals surface area contributed by atoms with Crippen LogP contribution in [0.1, 0.15) is 46.6 Å². The summed E-state index contributed by atoms with van der Waals surface area (Å²) >= 11 is 1.48. The standard InChI is InChI=1S/C21H25FN2O3S/c1-3-27-21(26)19-16-9-4-13(2)10-17(16)28-20(19)24-18(25)12-23-11-14-5-7-15(22)8-6-14/h5-8,13,23H,3-4,9-12H2,1-2H3,(H,24,25)/t13-/m1/s1. The fourth-order valence-electron chi connectivity index (χ4n) is 3.35. The van der Waals surface area contributed by atoms with E-state index >= 15 is 0 Å². The number of amides is 1. The lowest BCUT2D eigenvalue weighted by atomic mass is 9.88. The molecule has 1 heterocycles. The fraction of sp³-hybridized carbons (Fsp3) is 0.429. The van der Waals surface area contributed by atoms with Gasteiger partial charge in [-0.15, -0.1) is 11.3 Å². The Morgan fingerprint density at radius 3 is 2.75 bits per heavy atom. The van der Waals surface area contributed by atoms with Crippen molar-refractivity contribution in [1.82, 2.24) is 5.32 Å². The van der Waals surface area contributed by atoms with Crippen LogP contribution >= 0.6 is 11.3 Å². The van der Waals surface area contributed by atoms with Gasteiger partial charge in [-0.1, -0.05) is 19.1 Å². The number of carbonyl (C=O) groups excluding carboxylic acids is 2. The number of hydrogen-bond donors (Lipinski definition) is 2.